The molecule has 2 aromatic rings. The highest BCUT2D eigenvalue weighted by atomic mass is 35.5. The fourth-order valence-electron chi connectivity index (χ4n) is 3.11. The number of nitrogens with two attached hydrogens (primary N) is 1. The monoisotopic (exact) mass is 449 g/mol. The van der Waals surface area contributed by atoms with Gasteiger partial charge in [-0.25, -0.2) is 0 Å². The van der Waals surface area contributed by atoms with E-state index in [4.69, 9.17) is 22.1 Å². The number of carbonyl (C=O) groups excluding carboxylic acids is 2. The molecule has 0 bridgehead atoms. The third-order valence-electron chi connectivity index (χ3n) is 4.53. The van der Waals surface area contributed by atoms with Gasteiger partial charge in [0.1, 0.15) is 17.8 Å². The summed E-state index contributed by atoms with van der Waals surface area (Å²) in [6.07, 6.45) is 4.38. The first-order chi connectivity index (χ1) is 14.5. The number of ether oxygens (including phenoxy) is 1. The highest BCUT2D eigenvalue weighted by molar-refractivity contribution is 7.99. The van der Waals surface area contributed by atoms with Crippen molar-refractivity contribution < 1.29 is 19.4 Å². The Bertz CT molecular complexity index is 873. The molecule has 7 heteroatoms. The van der Waals surface area contributed by atoms with Gasteiger partial charge in [0, 0.05) is 22.6 Å². The molecule has 0 atom stereocenters. The summed E-state index contributed by atoms with van der Waals surface area (Å²) < 4.78 is 5.93. The molecule has 0 aliphatic heterocycles. The van der Waals surface area contributed by atoms with Crippen LogP contribution in [0.1, 0.15) is 42.9 Å². The normalized spacial score (nSPS) is 10.7. The number of carbonyl (C=O) groups is 2. The largest absolute Gasteiger partial charge is 0.507 e. The summed E-state index contributed by atoms with van der Waals surface area (Å²) in [7, 11) is 0. The lowest BCUT2D eigenvalue weighted by Crippen LogP contribution is -2.13. The van der Waals surface area contributed by atoms with E-state index in [2.05, 4.69) is 6.92 Å². The molecule has 0 saturated heterocycles. The van der Waals surface area contributed by atoms with Crippen molar-refractivity contribution in [3.05, 3.63) is 52.0 Å². The van der Waals surface area contributed by atoms with E-state index in [0.717, 1.165) is 52.9 Å². The first kappa shape index (κ1) is 24.1. The van der Waals surface area contributed by atoms with Crippen LogP contribution >= 0.6 is 23.4 Å². The summed E-state index contributed by atoms with van der Waals surface area (Å²) in [4.78, 5) is 22.6. The molecule has 0 aromatic heterocycles. The number of hydrogen-bond donors (Lipinski definition) is 2. The van der Waals surface area contributed by atoms with Crippen molar-refractivity contribution in [2.45, 2.75) is 50.3 Å². The number of thioether (sulfide) groups is 1. The zero-order valence-electron chi connectivity index (χ0n) is 17.2. The molecule has 0 saturated carbocycles. The lowest BCUT2D eigenvalue weighted by atomic mass is 10.0. The summed E-state index contributed by atoms with van der Waals surface area (Å²) in [6, 6.07) is 9.25. The summed E-state index contributed by atoms with van der Waals surface area (Å²) >= 11 is 7.92. The third-order valence-corrected chi connectivity index (χ3v) is 6.12. The molecule has 3 N–H and O–H groups in total. The summed E-state index contributed by atoms with van der Waals surface area (Å²) in [5.41, 5.74) is 7.60. The van der Waals surface area contributed by atoms with Crippen LogP contribution in [0.4, 0.5) is 0 Å². The second-order valence-electron chi connectivity index (χ2n) is 6.96. The van der Waals surface area contributed by atoms with Gasteiger partial charge < -0.3 is 20.4 Å². The van der Waals surface area contributed by atoms with Gasteiger partial charge >= 0.3 is 0 Å². The molecule has 0 unspecified atom stereocenters. The van der Waals surface area contributed by atoms with Gasteiger partial charge in [0.15, 0.2) is 0 Å². The molecule has 0 heterocycles. The number of amides is 1. The number of aldehydes is 1. The number of phenols is 1. The molecule has 30 heavy (non-hydrogen) atoms. The Morgan fingerprint density at radius 1 is 1.27 bits per heavy atom. The molecule has 5 nitrogen and oxygen atoms in total. The Labute approximate surface area is 186 Å². The fraction of sp³-hybridized carbons (Fsp3) is 0.391. The van der Waals surface area contributed by atoms with E-state index < -0.39 is 0 Å². The number of rotatable bonds is 13. The quantitative estimate of drug-likeness (QED) is 0.262. The zero-order valence-corrected chi connectivity index (χ0v) is 18.7. The van der Waals surface area contributed by atoms with Crippen LogP contribution in [0.25, 0.3) is 0 Å². The van der Waals surface area contributed by atoms with Crippen LogP contribution in [0.15, 0.2) is 35.2 Å². The zero-order chi connectivity index (χ0) is 21.9. The minimum Gasteiger partial charge on any atom is -0.507 e. The SMILES string of the molecule is CCCc1c(OCCCSc2ccc(CC(N)=O)cc2Cl)ccc(CCC=O)c1O. The Balaban J connectivity index is 1.88. The molecular weight excluding hydrogens is 422 g/mol. The second kappa shape index (κ2) is 12.5. The van der Waals surface area contributed by atoms with Crippen molar-refractivity contribution >= 4 is 35.6 Å². The van der Waals surface area contributed by atoms with Crippen molar-refractivity contribution in [1.29, 1.82) is 0 Å². The predicted molar refractivity (Wildman–Crippen MR) is 122 cm³/mol. The Morgan fingerprint density at radius 3 is 2.73 bits per heavy atom. The van der Waals surface area contributed by atoms with Gasteiger partial charge in [-0.3, -0.25) is 4.79 Å². The molecule has 1 amide bonds. The maximum Gasteiger partial charge on any atom is 0.221 e. The minimum absolute atomic E-state index is 0.180. The van der Waals surface area contributed by atoms with E-state index in [1.807, 2.05) is 24.3 Å². The molecule has 0 fully saturated rings. The maximum atomic E-state index is 11.0. The lowest BCUT2D eigenvalue weighted by Gasteiger charge is -2.15. The van der Waals surface area contributed by atoms with E-state index >= 15 is 0 Å². The number of phenolic OH excluding ortho intramolecular Hbond substituents is 1. The Hall–Kier alpha value is -2.18. The van der Waals surface area contributed by atoms with Gasteiger partial charge in [0.25, 0.3) is 0 Å². The van der Waals surface area contributed by atoms with Gasteiger partial charge in [-0.05, 0) is 48.6 Å². The smallest absolute Gasteiger partial charge is 0.221 e. The van der Waals surface area contributed by atoms with Gasteiger partial charge in [0.2, 0.25) is 5.91 Å². The molecule has 0 aliphatic carbocycles. The van der Waals surface area contributed by atoms with E-state index in [0.29, 0.717) is 30.2 Å². The molecule has 2 aromatic carbocycles. The molecule has 0 spiro atoms. The van der Waals surface area contributed by atoms with Crippen LogP contribution < -0.4 is 10.5 Å². The molecular formula is C23H28ClNO4S. The number of primary amides is 1. The van der Waals surface area contributed by atoms with Gasteiger partial charge in [-0.2, -0.15) is 0 Å². The summed E-state index contributed by atoms with van der Waals surface area (Å²) in [5.74, 6) is 1.38. The highest BCUT2D eigenvalue weighted by Crippen LogP contribution is 2.34. The van der Waals surface area contributed by atoms with E-state index in [9.17, 15) is 14.7 Å². The maximum absolute atomic E-state index is 11.0. The van der Waals surface area contributed by atoms with Crippen LogP contribution in [0.2, 0.25) is 5.02 Å². The van der Waals surface area contributed by atoms with Crippen molar-refractivity contribution in [1.82, 2.24) is 0 Å². The van der Waals surface area contributed by atoms with Gasteiger partial charge in [-0.15, -0.1) is 11.8 Å². The minimum atomic E-state index is -0.381. The van der Waals surface area contributed by atoms with Gasteiger partial charge in [0.05, 0.1) is 18.1 Å². The average molecular weight is 450 g/mol. The topological polar surface area (TPSA) is 89.6 Å². The molecule has 0 radical (unpaired) electrons. The number of halogens is 1. The fourth-order valence-corrected chi connectivity index (χ4v) is 4.32. The second-order valence-corrected chi connectivity index (χ2v) is 8.51. The standard InChI is InChI=1S/C23H28ClNO4S/c1-2-5-18-20(9-8-17(23(18)28)6-3-11-26)29-12-4-13-30-21-10-7-16(14-19(21)24)15-22(25)27/h7-11,14,28H,2-6,12-13,15H2,1H3,(H2,25,27). The van der Waals surface area contributed by atoms with Crippen LogP contribution in [-0.2, 0) is 28.9 Å². The third kappa shape index (κ3) is 7.26. The first-order valence-electron chi connectivity index (χ1n) is 10.1. The van der Waals surface area contributed by atoms with E-state index in [-0.39, 0.29) is 18.1 Å². The van der Waals surface area contributed by atoms with Gasteiger partial charge in [-0.1, -0.05) is 37.1 Å². The number of aromatic hydroxyl groups is 1. The van der Waals surface area contributed by atoms with Crippen LogP contribution in [-0.4, -0.2) is 29.7 Å². The van der Waals surface area contributed by atoms with Crippen molar-refractivity contribution in [3.63, 3.8) is 0 Å². The lowest BCUT2D eigenvalue weighted by molar-refractivity contribution is -0.117. The summed E-state index contributed by atoms with van der Waals surface area (Å²) in [6.45, 7) is 2.57. The highest BCUT2D eigenvalue weighted by Gasteiger charge is 2.13. The number of aryl methyl sites for hydroxylation is 1. The van der Waals surface area contributed by atoms with Crippen LogP contribution in [0.3, 0.4) is 0 Å². The summed E-state index contributed by atoms with van der Waals surface area (Å²) in [5, 5.41) is 11.2. The van der Waals surface area contributed by atoms with Crippen molar-refractivity contribution in [3.8, 4) is 11.5 Å². The van der Waals surface area contributed by atoms with E-state index in [1.165, 1.54) is 0 Å². The Morgan fingerprint density at radius 2 is 2.07 bits per heavy atom. The van der Waals surface area contributed by atoms with Crippen LogP contribution in [0, 0.1) is 0 Å². The average Bonchev–Trinajstić information content (AvgIpc) is 2.70. The number of benzene rings is 2. The van der Waals surface area contributed by atoms with Crippen molar-refractivity contribution in [2.24, 2.45) is 5.73 Å². The number of hydrogen-bond acceptors (Lipinski definition) is 5. The predicted octanol–water partition coefficient (Wildman–Crippen LogP) is 4.72. The first-order valence-corrected chi connectivity index (χ1v) is 11.4. The van der Waals surface area contributed by atoms with Crippen LogP contribution in [0.5, 0.6) is 11.5 Å². The molecule has 0 aliphatic rings. The molecule has 162 valence electrons. The Kier molecular flexibility index (Phi) is 10.0. The van der Waals surface area contributed by atoms with Crippen molar-refractivity contribution in [2.75, 3.05) is 12.4 Å². The van der Waals surface area contributed by atoms with E-state index in [1.54, 1.807) is 17.8 Å². The molecule has 2 rings (SSSR count).